The number of aliphatic hydroxyl groups excluding tert-OH is 1. The number of aliphatic hydroxyl groups is 1. The zero-order chi connectivity index (χ0) is 28.9. The predicted octanol–water partition coefficient (Wildman–Crippen LogP) is 5.38. The first-order valence-electron chi connectivity index (χ1n) is 14.1. The number of ether oxygens (including phenoxy) is 1. The normalized spacial score (nSPS) is 16.7. The molecule has 0 spiro atoms. The molecule has 0 saturated carbocycles. The molecule has 5 rings (SSSR count). The van der Waals surface area contributed by atoms with E-state index in [0.717, 1.165) is 25.2 Å². The predicted molar refractivity (Wildman–Crippen MR) is 159 cm³/mol. The summed E-state index contributed by atoms with van der Waals surface area (Å²) in [5, 5.41) is 11.7. The molecule has 1 aliphatic heterocycles. The van der Waals surface area contributed by atoms with E-state index in [0.29, 0.717) is 47.9 Å². The van der Waals surface area contributed by atoms with E-state index in [-0.39, 0.29) is 11.3 Å². The monoisotopic (exact) mass is 552 g/mol. The van der Waals surface area contributed by atoms with Crippen LogP contribution < -0.4 is 4.74 Å². The Morgan fingerprint density at radius 1 is 1.00 bits per heavy atom. The van der Waals surface area contributed by atoms with Crippen LogP contribution in [0.2, 0.25) is 0 Å². The molecule has 1 unspecified atom stereocenters. The second-order valence-corrected chi connectivity index (χ2v) is 10.2. The third-order valence-corrected chi connectivity index (χ3v) is 7.66. The number of nitrogens with zero attached hydrogens (tertiary/aromatic N) is 4. The van der Waals surface area contributed by atoms with Gasteiger partial charge in [-0.3, -0.25) is 14.0 Å². The van der Waals surface area contributed by atoms with Crippen molar-refractivity contribution in [3.63, 3.8) is 0 Å². The number of benzene rings is 2. The van der Waals surface area contributed by atoms with Crippen LogP contribution in [0.15, 0.2) is 84.6 Å². The Balaban J connectivity index is 1.55. The largest absolute Gasteiger partial charge is 0.505 e. The van der Waals surface area contributed by atoms with Gasteiger partial charge in [0.15, 0.2) is 5.76 Å². The van der Waals surface area contributed by atoms with E-state index in [1.807, 2.05) is 72.8 Å². The van der Waals surface area contributed by atoms with Gasteiger partial charge in [-0.2, -0.15) is 0 Å². The highest BCUT2D eigenvalue weighted by Crippen LogP contribution is 2.41. The maximum Gasteiger partial charge on any atom is 0.295 e. The summed E-state index contributed by atoms with van der Waals surface area (Å²) in [4.78, 5) is 35.5. The second kappa shape index (κ2) is 12.4. The summed E-state index contributed by atoms with van der Waals surface area (Å²) in [6, 6.07) is 22.1. The molecule has 212 valence electrons. The van der Waals surface area contributed by atoms with Crippen LogP contribution in [-0.4, -0.2) is 62.2 Å². The summed E-state index contributed by atoms with van der Waals surface area (Å²) in [5.41, 5.74) is 3.41. The van der Waals surface area contributed by atoms with Gasteiger partial charge in [0.25, 0.3) is 11.7 Å². The summed E-state index contributed by atoms with van der Waals surface area (Å²) in [7, 11) is 0. The number of fused-ring (bicyclic) bond motifs is 1. The van der Waals surface area contributed by atoms with Crippen molar-refractivity contribution in [2.75, 3.05) is 26.2 Å². The zero-order valence-electron chi connectivity index (χ0n) is 23.8. The first-order chi connectivity index (χ1) is 19.9. The highest BCUT2D eigenvalue weighted by Gasteiger charge is 2.46. The van der Waals surface area contributed by atoms with E-state index in [4.69, 9.17) is 4.74 Å². The van der Waals surface area contributed by atoms with E-state index < -0.39 is 17.7 Å². The van der Waals surface area contributed by atoms with Gasteiger partial charge in [-0.25, -0.2) is 4.98 Å². The van der Waals surface area contributed by atoms with E-state index in [9.17, 15) is 14.7 Å². The van der Waals surface area contributed by atoms with Crippen LogP contribution in [0.3, 0.4) is 0 Å². The SMILES string of the molecule is CCN(CC)CCCN1C(=O)C(=O)C(=C(O)c2c(C)nc3ccccn23)C1c1cccc(OCc2ccccc2)c1. The van der Waals surface area contributed by atoms with Crippen LogP contribution in [0.1, 0.15) is 48.8 Å². The lowest BCUT2D eigenvalue weighted by Gasteiger charge is -2.27. The van der Waals surface area contributed by atoms with E-state index >= 15 is 0 Å². The molecular formula is C33H36N4O4. The van der Waals surface area contributed by atoms with Crippen LogP contribution in [0, 0.1) is 6.92 Å². The Kier molecular flexibility index (Phi) is 8.50. The lowest BCUT2D eigenvalue weighted by molar-refractivity contribution is -0.140. The zero-order valence-corrected chi connectivity index (χ0v) is 23.8. The highest BCUT2D eigenvalue weighted by molar-refractivity contribution is 6.46. The lowest BCUT2D eigenvalue weighted by atomic mass is 9.96. The Morgan fingerprint density at radius 3 is 2.51 bits per heavy atom. The van der Waals surface area contributed by atoms with Gasteiger partial charge in [-0.05, 0) is 68.4 Å². The number of aromatic nitrogens is 2. The summed E-state index contributed by atoms with van der Waals surface area (Å²) < 4.78 is 7.82. The molecule has 0 bridgehead atoms. The molecule has 41 heavy (non-hydrogen) atoms. The molecule has 2 aromatic heterocycles. The summed E-state index contributed by atoms with van der Waals surface area (Å²) in [6.45, 7) is 9.38. The standard InChI is InChI=1S/C33H36N4O4/c1-4-35(5-2)18-12-20-37-30(25-15-11-16-26(21-25)41-22-24-13-7-6-8-14-24)28(32(39)33(37)40)31(38)29-23(3)34-27-17-9-10-19-36(27)29/h6-11,13-17,19,21,30,38H,4-5,12,18,20,22H2,1-3H3. The molecule has 2 aromatic carbocycles. The van der Waals surface area contributed by atoms with Crippen molar-refractivity contribution in [3.8, 4) is 5.75 Å². The number of rotatable bonds is 11. The van der Waals surface area contributed by atoms with Crippen LogP contribution in [0.4, 0.5) is 0 Å². The number of carbonyl (C=O) groups excluding carboxylic acids is 2. The number of ketones is 1. The minimum absolute atomic E-state index is 0.0619. The van der Waals surface area contributed by atoms with E-state index in [1.165, 1.54) is 0 Å². The minimum Gasteiger partial charge on any atom is -0.505 e. The Morgan fingerprint density at radius 2 is 1.76 bits per heavy atom. The number of hydrogen-bond acceptors (Lipinski definition) is 6. The van der Waals surface area contributed by atoms with Crippen molar-refractivity contribution in [1.29, 1.82) is 0 Å². The van der Waals surface area contributed by atoms with Crippen LogP contribution in [0.25, 0.3) is 11.4 Å². The number of carbonyl (C=O) groups is 2. The summed E-state index contributed by atoms with van der Waals surface area (Å²) >= 11 is 0. The van der Waals surface area contributed by atoms with Crippen LogP contribution >= 0.6 is 0 Å². The molecule has 1 saturated heterocycles. The average molecular weight is 553 g/mol. The van der Waals surface area contributed by atoms with Crippen LogP contribution in [0.5, 0.6) is 5.75 Å². The van der Waals surface area contributed by atoms with Gasteiger partial charge >= 0.3 is 0 Å². The third kappa shape index (κ3) is 5.74. The molecule has 0 aliphatic carbocycles. The molecule has 8 nitrogen and oxygen atoms in total. The Hall–Kier alpha value is -4.43. The number of aryl methyl sites for hydroxylation is 1. The maximum atomic E-state index is 13.6. The first-order valence-corrected chi connectivity index (χ1v) is 14.1. The lowest BCUT2D eigenvalue weighted by Crippen LogP contribution is -2.33. The molecule has 1 amide bonds. The number of hydrogen-bond donors (Lipinski definition) is 1. The molecule has 0 radical (unpaired) electrons. The van der Waals surface area contributed by atoms with Crippen molar-refractivity contribution in [1.82, 2.24) is 19.2 Å². The molecule has 4 aromatic rings. The number of Topliss-reactive ketones (excluding diaryl/α,β-unsaturated/α-hetero) is 1. The smallest absolute Gasteiger partial charge is 0.295 e. The summed E-state index contributed by atoms with van der Waals surface area (Å²) in [5.74, 6) is -0.924. The topological polar surface area (TPSA) is 87.4 Å². The molecule has 1 N–H and O–H groups in total. The van der Waals surface area contributed by atoms with E-state index in [1.54, 1.807) is 22.4 Å². The molecular weight excluding hydrogens is 516 g/mol. The quantitative estimate of drug-likeness (QED) is 0.153. The van der Waals surface area contributed by atoms with Crippen molar-refractivity contribution in [3.05, 3.63) is 107 Å². The highest BCUT2D eigenvalue weighted by atomic mass is 16.5. The number of amides is 1. The average Bonchev–Trinajstić information content (AvgIpc) is 3.47. The van der Waals surface area contributed by atoms with Gasteiger partial charge in [0.2, 0.25) is 0 Å². The fourth-order valence-corrected chi connectivity index (χ4v) is 5.50. The maximum absolute atomic E-state index is 13.6. The van der Waals surface area contributed by atoms with Gasteiger partial charge in [0.1, 0.15) is 23.7 Å². The number of pyridine rings is 1. The fraction of sp³-hybridized carbons (Fsp3) is 0.303. The number of imidazole rings is 1. The van der Waals surface area contributed by atoms with Gasteiger partial charge < -0.3 is 19.6 Å². The van der Waals surface area contributed by atoms with E-state index in [2.05, 4.69) is 23.7 Å². The molecule has 1 fully saturated rings. The van der Waals surface area contributed by atoms with Gasteiger partial charge in [-0.15, -0.1) is 0 Å². The van der Waals surface area contributed by atoms with Crippen molar-refractivity contribution >= 4 is 23.1 Å². The van der Waals surface area contributed by atoms with Crippen LogP contribution in [-0.2, 0) is 16.2 Å². The number of likely N-dealkylation sites (tertiary alicyclic amines) is 1. The minimum atomic E-state index is -0.763. The fourth-order valence-electron chi connectivity index (χ4n) is 5.50. The second-order valence-electron chi connectivity index (χ2n) is 10.2. The van der Waals surface area contributed by atoms with Gasteiger partial charge in [-0.1, -0.05) is 62.4 Å². The molecule has 3 heterocycles. The molecule has 8 heteroatoms. The Bertz CT molecular complexity index is 1570. The molecule has 1 atom stereocenters. The van der Waals surface area contributed by atoms with Crippen molar-refractivity contribution < 1.29 is 19.4 Å². The molecule has 1 aliphatic rings. The Labute approximate surface area is 240 Å². The first kappa shape index (κ1) is 28.1. The van der Waals surface area contributed by atoms with Gasteiger partial charge in [0.05, 0.1) is 17.3 Å². The van der Waals surface area contributed by atoms with Crippen molar-refractivity contribution in [2.24, 2.45) is 0 Å². The summed E-state index contributed by atoms with van der Waals surface area (Å²) in [6.07, 6.45) is 2.49. The van der Waals surface area contributed by atoms with Gasteiger partial charge in [0, 0.05) is 12.7 Å². The third-order valence-electron chi connectivity index (χ3n) is 7.66. The van der Waals surface area contributed by atoms with Crippen molar-refractivity contribution in [2.45, 2.75) is 39.8 Å².